The van der Waals surface area contributed by atoms with Crippen LogP contribution in [0.3, 0.4) is 0 Å². The second-order valence-electron chi connectivity index (χ2n) is 8.80. The van der Waals surface area contributed by atoms with E-state index in [2.05, 4.69) is 20.6 Å². The minimum atomic E-state index is 0.299. The zero-order valence-corrected chi connectivity index (χ0v) is 20.0. The van der Waals surface area contributed by atoms with Crippen molar-refractivity contribution in [2.24, 2.45) is 5.41 Å². The van der Waals surface area contributed by atoms with Crippen LogP contribution in [-0.2, 0) is 0 Å². The number of nitrogens with two attached hydrogens (primary N) is 1. The van der Waals surface area contributed by atoms with E-state index < -0.39 is 0 Å². The van der Waals surface area contributed by atoms with Gasteiger partial charge in [-0.2, -0.15) is 0 Å². The molecule has 0 radical (unpaired) electrons. The summed E-state index contributed by atoms with van der Waals surface area (Å²) in [4.78, 5) is 8.58. The number of hydrogen-bond acceptors (Lipinski definition) is 7. The lowest BCUT2D eigenvalue weighted by Gasteiger charge is -2.50. The molecule has 7 heteroatoms. The summed E-state index contributed by atoms with van der Waals surface area (Å²) in [7, 11) is 0. The van der Waals surface area contributed by atoms with Gasteiger partial charge in [-0.3, -0.25) is 5.41 Å². The summed E-state index contributed by atoms with van der Waals surface area (Å²) in [6.07, 6.45) is 6.20. The number of nitrogen functional groups attached to an aromatic ring is 1. The predicted molar refractivity (Wildman–Crippen MR) is 138 cm³/mol. The average molecular weight is 459 g/mol. The van der Waals surface area contributed by atoms with Crippen LogP contribution in [0.5, 0.6) is 11.5 Å². The van der Waals surface area contributed by atoms with Gasteiger partial charge in [0.1, 0.15) is 29.5 Å². The molecule has 0 bridgehead atoms. The van der Waals surface area contributed by atoms with Crippen LogP contribution in [0.4, 0.5) is 11.6 Å². The number of nitrogens with zero attached hydrogens (tertiary/aromatic N) is 2. The van der Waals surface area contributed by atoms with Gasteiger partial charge < -0.3 is 21.1 Å². The fraction of sp³-hybridized carbons (Fsp3) is 0.370. The molecule has 1 aliphatic heterocycles. The van der Waals surface area contributed by atoms with Gasteiger partial charge in [0.2, 0.25) is 0 Å². The number of piperidine rings is 1. The summed E-state index contributed by atoms with van der Waals surface area (Å²) < 4.78 is 5.86. The van der Waals surface area contributed by atoms with Crippen LogP contribution >= 0.6 is 0 Å². The maximum atomic E-state index is 8.80. The lowest BCUT2D eigenvalue weighted by atomic mass is 9.60. The first-order valence-electron chi connectivity index (χ1n) is 12.1. The smallest absolute Gasteiger partial charge is 0.141 e. The van der Waals surface area contributed by atoms with Gasteiger partial charge >= 0.3 is 0 Å². The Morgan fingerprint density at radius 3 is 2.32 bits per heavy atom. The third kappa shape index (κ3) is 5.20. The predicted octanol–water partition coefficient (Wildman–Crippen LogP) is 5.24. The van der Waals surface area contributed by atoms with Crippen molar-refractivity contribution >= 4 is 17.3 Å². The van der Waals surface area contributed by atoms with Crippen LogP contribution in [0.25, 0.3) is 0 Å². The van der Waals surface area contributed by atoms with E-state index in [1.54, 1.807) is 0 Å². The Hall–Kier alpha value is -3.45. The molecular formula is C27H34N6O. The van der Waals surface area contributed by atoms with Crippen molar-refractivity contribution in [1.82, 2.24) is 15.3 Å². The molecule has 7 nitrogen and oxygen atoms in total. The molecule has 1 saturated carbocycles. The molecule has 0 unspecified atom stereocenters. The average Bonchev–Trinajstić information content (AvgIpc) is 2.86. The van der Waals surface area contributed by atoms with E-state index in [0.717, 1.165) is 37.2 Å². The van der Waals surface area contributed by atoms with Gasteiger partial charge in [-0.15, -0.1) is 0 Å². The van der Waals surface area contributed by atoms with E-state index in [4.69, 9.17) is 15.9 Å². The molecule has 2 aromatic carbocycles. The van der Waals surface area contributed by atoms with Crippen molar-refractivity contribution in [2.75, 3.05) is 24.1 Å². The number of nitrogens with one attached hydrogen (secondary N) is 3. The maximum Gasteiger partial charge on any atom is 0.141 e. The molecule has 2 fully saturated rings. The van der Waals surface area contributed by atoms with Crippen LogP contribution in [-0.4, -0.2) is 34.8 Å². The Kier molecular flexibility index (Phi) is 7.43. The molecule has 5 rings (SSSR count). The van der Waals surface area contributed by atoms with Crippen LogP contribution in [0.1, 0.15) is 50.7 Å². The number of rotatable bonds is 6. The van der Waals surface area contributed by atoms with Gasteiger partial charge in [0.05, 0.1) is 11.3 Å². The molecule has 178 valence electrons. The number of benzene rings is 2. The SMILES string of the molecule is CC.N=C(c1ccc(Oc2ccccc2)cc1)c1c(N)ncnc1NC1CC2(CCNCC2)C1. The highest BCUT2D eigenvalue weighted by atomic mass is 16.5. The maximum absolute atomic E-state index is 8.80. The standard InChI is InChI=1S/C25H28N6O.C2H6/c26-22(17-6-8-20(9-7-17)32-19-4-2-1-3-5-19)21-23(27)29-16-30-24(21)31-18-14-25(15-18)10-12-28-13-11-25;1-2/h1-9,16,18,26,28H,10-15H2,(H3,27,29,30,31);1-2H3. The Balaban J connectivity index is 0.00000133. The second kappa shape index (κ2) is 10.7. The highest BCUT2D eigenvalue weighted by molar-refractivity contribution is 6.16. The molecule has 1 aromatic heterocycles. The summed E-state index contributed by atoms with van der Waals surface area (Å²) in [5.41, 5.74) is 8.25. The van der Waals surface area contributed by atoms with Gasteiger partial charge in [-0.1, -0.05) is 32.0 Å². The lowest BCUT2D eigenvalue weighted by Crippen LogP contribution is -2.50. The highest BCUT2D eigenvalue weighted by Crippen LogP contribution is 2.49. The molecule has 5 N–H and O–H groups in total. The molecule has 1 spiro atoms. The Bertz CT molecular complexity index is 1090. The van der Waals surface area contributed by atoms with Crippen molar-refractivity contribution in [3.8, 4) is 11.5 Å². The van der Waals surface area contributed by atoms with E-state index in [0.29, 0.717) is 40.1 Å². The molecule has 3 aromatic rings. The minimum Gasteiger partial charge on any atom is -0.457 e. The zero-order valence-electron chi connectivity index (χ0n) is 20.0. The van der Waals surface area contributed by atoms with Crippen LogP contribution in [0.2, 0.25) is 0 Å². The molecule has 1 saturated heterocycles. The van der Waals surface area contributed by atoms with Crippen molar-refractivity contribution in [2.45, 2.75) is 45.6 Å². The quantitative estimate of drug-likeness (QED) is 0.376. The van der Waals surface area contributed by atoms with Gasteiger partial charge in [0.25, 0.3) is 0 Å². The molecule has 1 aliphatic carbocycles. The summed E-state index contributed by atoms with van der Waals surface area (Å²) in [5.74, 6) is 2.44. The van der Waals surface area contributed by atoms with E-state index in [1.165, 1.54) is 19.2 Å². The molecule has 0 amide bonds. The van der Waals surface area contributed by atoms with Gasteiger partial charge in [0, 0.05) is 11.6 Å². The largest absolute Gasteiger partial charge is 0.457 e. The van der Waals surface area contributed by atoms with Crippen molar-refractivity contribution in [1.29, 1.82) is 5.41 Å². The number of para-hydroxylation sites is 1. The molecular weight excluding hydrogens is 424 g/mol. The van der Waals surface area contributed by atoms with Gasteiger partial charge in [-0.05, 0) is 80.6 Å². The van der Waals surface area contributed by atoms with E-state index in [9.17, 15) is 0 Å². The van der Waals surface area contributed by atoms with Crippen molar-refractivity contribution in [3.63, 3.8) is 0 Å². The fourth-order valence-electron chi connectivity index (χ4n) is 4.86. The number of anilines is 2. The summed E-state index contributed by atoms with van der Waals surface area (Å²) >= 11 is 0. The molecule has 0 atom stereocenters. The number of aromatic nitrogens is 2. The molecule has 2 aliphatic rings. The molecule has 34 heavy (non-hydrogen) atoms. The minimum absolute atomic E-state index is 0.299. The summed E-state index contributed by atoms with van der Waals surface area (Å²) in [5, 5.41) is 15.8. The van der Waals surface area contributed by atoms with Crippen LogP contribution in [0, 0.1) is 10.8 Å². The van der Waals surface area contributed by atoms with Gasteiger partial charge in [-0.25, -0.2) is 9.97 Å². The third-order valence-corrected chi connectivity index (χ3v) is 6.61. The third-order valence-electron chi connectivity index (χ3n) is 6.61. The lowest BCUT2D eigenvalue weighted by molar-refractivity contribution is 0.0717. The van der Waals surface area contributed by atoms with Crippen LogP contribution < -0.4 is 21.1 Å². The highest BCUT2D eigenvalue weighted by Gasteiger charge is 2.44. The zero-order chi connectivity index (χ0) is 24.0. The van der Waals surface area contributed by atoms with E-state index in [1.807, 2.05) is 68.4 Å². The summed E-state index contributed by atoms with van der Waals surface area (Å²) in [6, 6.07) is 17.4. The monoisotopic (exact) mass is 458 g/mol. The van der Waals surface area contributed by atoms with Crippen molar-refractivity contribution < 1.29 is 4.74 Å². The Morgan fingerprint density at radius 2 is 1.65 bits per heavy atom. The number of ether oxygens (including phenoxy) is 1. The first-order valence-corrected chi connectivity index (χ1v) is 12.1. The molecule has 2 heterocycles. The Labute approximate surface area is 201 Å². The first-order chi connectivity index (χ1) is 16.6. The topological polar surface area (TPSA) is 109 Å². The first kappa shape index (κ1) is 23.7. The summed E-state index contributed by atoms with van der Waals surface area (Å²) in [6.45, 7) is 6.21. The fourth-order valence-corrected chi connectivity index (χ4v) is 4.86. The van der Waals surface area contributed by atoms with E-state index in [-0.39, 0.29) is 0 Å². The van der Waals surface area contributed by atoms with Gasteiger partial charge in [0.15, 0.2) is 0 Å². The van der Waals surface area contributed by atoms with E-state index >= 15 is 0 Å². The normalized spacial score (nSPS) is 16.6. The van der Waals surface area contributed by atoms with Crippen molar-refractivity contribution in [3.05, 3.63) is 72.1 Å². The Morgan fingerprint density at radius 1 is 1.00 bits per heavy atom. The number of hydrogen-bond donors (Lipinski definition) is 4. The van der Waals surface area contributed by atoms with Crippen LogP contribution in [0.15, 0.2) is 60.9 Å². The second-order valence-corrected chi connectivity index (χ2v) is 8.80.